The van der Waals surface area contributed by atoms with Gasteiger partial charge < -0.3 is 11.5 Å². The number of benzene rings is 1. The van der Waals surface area contributed by atoms with E-state index in [-0.39, 0.29) is 0 Å². The molecule has 1 aromatic carbocycles. The number of anilines is 1. The smallest absolute Gasteiger partial charge is 0.251 e. The molecule has 16 heavy (non-hydrogen) atoms. The highest BCUT2D eigenvalue weighted by molar-refractivity contribution is 9.10. The van der Waals surface area contributed by atoms with E-state index in [4.69, 9.17) is 11.5 Å². The van der Waals surface area contributed by atoms with Gasteiger partial charge in [-0.25, -0.2) is 4.68 Å². The Kier molecular flexibility index (Phi) is 2.66. The molecule has 0 saturated heterocycles. The number of amides is 1. The van der Waals surface area contributed by atoms with Gasteiger partial charge in [-0.3, -0.25) is 4.79 Å². The van der Waals surface area contributed by atoms with Gasteiger partial charge in [-0.15, -0.1) is 0 Å². The maximum absolute atomic E-state index is 10.9. The SMILES string of the molecule is NC(=O)c1cnn(-c2ccc(N)cc2Br)c1. The molecule has 1 amide bonds. The topological polar surface area (TPSA) is 86.9 Å². The molecule has 4 N–H and O–H groups in total. The van der Waals surface area contributed by atoms with E-state index in [2.05, 4.69) is 21.0 Å². The summed E-state index contributed by atoms with van der Waals surface area (Å²) in [5.74, 6) is -0.502. The quantitative estimate of drug-likeness (QED) is 0.814. The van der Waals surface area contributed by atoms with E-state index in [1.165, 1.54) is 6.20 Å². The Morgan fingerprint density at radius 3 is 2.75 bits per heavy atom. The van der Waals surface area contributed by atoms with E-state index in [0.29, 0.717) is 11.3 Å². The first-order valence-corrected chi connectivity index (χ1v) is 5.27. The van der Waals surface area contributed by atoms with Crippen LogP contribution in [0.15, 0.2) is 35.1 Å². The van der Waals surface area contributed by atoms with Gasteiger partial charge in [0.1, 0.15) is 0 Å². The first-order valence-electron chi connectivity index (χ1n) is 4.48. The summed E-state index contributed by atoms with van der Waals surface area (Å²) in [5, 5.41) is 4.04. The molecule has 2 aromatic rings. The Morgan fingerprint density at radius 2 is 2.19 bits per heavy atom. The number of hydrogen-bond acceptors (Lipinski definition) is 3. The van der Waals surface area contributed by atoms with Crippen molar-refractivity contribution in [3.63, 3.8) is 0 Å². The number of aromatic nitrogens is 2. The van der Waals surface area contributed by atoms with Crippen LogP contribution in [0.3, 0.4) is 0 Å². The van der Waals surface area contributed by atoms with Crippen LogP contribution >= 0.6 is 15.9 Å². The number of nitrogens with zero attached hydrogens (tertiary/aromatic N) is 2. The molecule has 0 aliphatic heterocycles. The molecule has 0 spiro atoms. The van der Waals surface area contributed by atoms with Gasteiger partial charge in [-0.2, -0.15) is 5.10 Å². The molecule has 0 aliphatic carbocycles. The van der Waals surface area contributed by atoms with E-state index in [1.54, 1.807) is 29.1 Å². The van der Waals surface area contributed by atoms with Crippen LogP contribution in [0.25, 0.3) is 5.69 Å². The second-order valence-corrected chi connectivity index (χ2v) is 4.10. The van der Waals surface area contributed by atoms with Crippen molar-refractivity contribution in [2.24, 2.45) is 5.73 Å². The van der Waals surface area contributed by atoms with Crippen LogP contribution in [0.1, 0.15) is 10.4 Å². The van der Waals surface area contributed by atoms with Crippen LogP contribution in [0.4, 0.5) is 5.69 Å². The average molecular weight is 281 g/mol. The van der Waals surface area contributed by atoms with Crippen LogP contribution in [-0.4, -0.2) is 15.7 Å². The standard InChI is InChI=1S/C10H9BrN4O/c11-8-3-7(12)1-2-9(8)15-5-6(4-14-15)10(13)16/h1-5H,12H2,(H2,13,16). The number of nitrogen functional groups attached to an aromatic ring is 1. The minimum absolute atomic E-state index is 0.365. The highest BCUT2D eigenvalue weighted by atomic mass is 79.9. The molecule has 1 heterocycles. The predicted molar refractivity (Wildman–Crippen MR) is 64.2 cm³/mol. The first kappa shape index (κ1) is 10.7. The molecule has 0 unspecified atom stereocenters. The Balaban J connectivity index is 2.46. The fourth-order valence-electron chi connectivity index (χ4n) is 1.29. The lowest BCUT2D eigenvalue weighted by Gasteiger charge is -2.04. The third kappa shape index (κ3) is 1.92. The van der Waals surface area contributed by atoms with Gasteiger partial charge >= 0.3 is 0 Å². The summed E-state index contributed by atoms with van der Waals surface area (Å²) < 4.78 is 2.36. The zero-order valence-electron chi connectivity index (χ0n) is 8.22. The zero-order chi connectivity index (χ0) is 11.7. The maximum atomic E-state index is 10.9. The van der Waals surface area contributed by atoms with Crippen LogP contribution in [-0.2, 0) is 0 Å². The van der Waals surface area contributed by atoms with E-state index in [0.717, 1.165) is 10.2 Å². The van der Waals surface area contributed by atoms with Gasteiger partial charge in [0.05, 0.1) is 17.4 Å². The number of primary amides is 1. The molecule has 0 fully saturated rings. The van der Waals surface area contributed by atoms with E-state index >= 15 is 0 Å². The lowest BCUT2D eigenvalue weighted by Crippen LogP contribution is -2.09. The van der Waals surface area contributed by atoms with Crippen molar-refractivity contribution in [1.29, 1.82) is 0 Å². The molecule has 0 radical (unpaired) electrons. The number of halogens is 1. The van der Waals surface area contributed by atoms with E-state index < -0.39 is 5.91 Å². The minimum atomic E-state index is -0.502. The number of hydrogen-bond donors (Lipinski definition) is 2. The largest absolute Gasteiger partial charge is 0.399 e. The summed E-state index contributed by atoms with van der Waals surface area (Å²) in [6.07, 6.45) is 2.99. The van der Waals surface area contributed by atoms with Crippen molar-refractivity contribution in [1.82, 2.24) is 9.78 Å². The Bertz CT molecular complexity index is 550. The molecule has 0 atom stereocenters. The molecule has 82 valence electrons. The molecule has 0 bridgehead atoms. The van der Waals surface area contributed by atoms with Crippen molar-refractivity contribution in [3.8, 4) is 5.69 Å². The van der Waals surface area contributed by atoms with Crippen molar-refractivity contribution >= 4 is 27.5 Å². The molecule has 0 aliphatic rings. The van der Waals surface area contributed by atoms with Crippen LogP contribution in [0.5, 0.6) is 0 Å². The maximum Gasteiger partial charge on any atom is 0.251 e. The molecular weight excluding hydrogens is 272 g/mol. The molecule has 0 saturated carbocycles. The summed E-state index contributed by atoms with van der Waals surface area (Å²) in [4.78, 5) is 10.9. The second kappa shape index (κ2) is 3.97. The van der Waals surface area contributed by atoms with Gasteiger partial charge in [0.25, 0.3) is 5.91 Å². The highest BCUT2D eigenvalue weighted by Crippen LogP contribution is 2.23. The lowest BCUT2D eigenvalue weighted by molar-refractivity contribution is 0.100. The van der Waals surface area contributed by atoms with Gasteiger partial charge in [0.15, 0.2) is 0 Å². The van der Waals surface area contributed by atoms with Crippen molar-refractivity contribution in [2.75, 3.05) is 5.73 Å². The third-order valence-corrected chi connectivity index (χ3v) is 2.72. The predicted octanol–water partition coefficient (Wildman–Crippen LogP) is 1.32. The van der Waals surface area contributed by atoms with Gasteiger partial charge in [-0.1, -0.05) is 0 Å². The Morgan fingerprint density at radius 1 is 1.44 bits per heavy atom. The molecule has 1 aromatic heterocycles. The van der Waals surface area contributed by atoms with Crippen LogP contribution < -0.4 is 11.5 Å². The number of rotatable bonds is 2. The van der Waals surface area contributed by atoms with E-state index in [1.807, 2.05) is 0 Å². The molecule has 2 rings (SSSR count). The number of carbonyl (C=O) groups excluding carboxylic acids is 1. The van der Waals surface area contributed by atoms with E-state index in [9.17, 15) is 4.79 Å². The fraction of sp³-hybridized carbons (Fsp3) is 0. The van der Waals surface area contributed by atoms with Gasteiger partial charge in [-0.05, 0) is 34.1 Å². The Labute approximate surface area is 100 Å². The first-order chi connectivity index (χ1) is 7.58. The van der Waals surface area contributed by atoms with Crippen molar-refractivity contribution < 1.29 is 4.79 Å². The summed E-state index contributed by atoms with van der Waals surface area (Å²) in [7, 11) is 0. The molecular formula is C10H9BrN4O. The van der Waals surface area contributed by atoms with Crippen molar-refractivity contribution in [3.05, 3.63) is 40.6 Å². The average Bonchev–Trinajstić information content (AvgIpc) is 2.66. The van der Waals surface area contributed by atoms with Gasteiger partial charge in [0, 0.05) is 16.4 Å². The highest BCUT2D eigenvalue weighted by Gasteiger charge is 2.07. The monoisotopic (exact) mass is 280 g/mol. The van der Waals surface area contributed by atoms with Crippen LogP contribution in [0.2, 0.25) is 0 Å². The zero-order valence-corrected chi connectivity index (χ0v) is 9.81. The van der Waals surface area contributed by atoms with Gasteiger partial charge in [0.2, 0.25) is 0 Å². The molecule has 6 heteroatoms. The summed E-state index contributed by atoms with van der Waals surface area (Å²) in [6, 6.07) is 5.32. The summed E-state index contributed by atoms with van der Waals surface area (Å²) in [5.41, 5.74) is 12.6. The fourth-order valence-corrected chi connectivity index (χ4v) is 1.87. The normalized spacial score (nSPS) is 10.3. The van der Waals surface area contributed by atoms with Crippen LogP contribution in [0, 0.1) is 0 Å². The second-order valence-electron chi connectivity index (χ2n) is 3.25. The lowest BCUT2D eigenvalue weighted by atomic mass is 10.3. The number of carbonyl (C=O) groups is 1. The summed E-state index contributed by atoms with van der Waals surface area (Å²) in [6.45, 7) is 0. The minimum Gasteiger partial charge on any atom is -0.399 e. The Hall–Kier alpha value is -1.82. The van der Waals surface area contributed by atoms with Crippen molar-refractivity contribution in [2.45, 2.75) is 0 Å². The number of nitrogens with two attached hydrogens (primary N) is 2. The third-order valence-electron chi connectivity index (χ3n) is 2.09. The summed E-state index contributed by atoms with van der Waals surface area (Å²) >= 11 is 3.37. The molecule has 5 nitrogen and oxygen atoms in total.